The van der Waals surface area contributed by atoms with E-state index in [1.807, 2.05) is 0 Å². The van der Waals surface area contributed by atoms with Crippen molar-refractivity contribution in [3.8, 4) is 0 Å². The van der Waals surface area contributed by atoms with E-state index in [4.69, 9.17) is 0 Å². The molecule has 0 radical (unpaired) electrons. The van der Waals surface area contributed by atoms with Gasteiger partial charge in [0, 0.05) is 34.6 Å². The minimum atomic E-state index is -4.40. The number of aromatic amines is 1. The Balaban J connectivity index is 1.48. The maximum absolute atomic E-state index is 12.6. The number of carbonyl (C=O) groups is 1. The summed E-state index contributed by atoms with van der Waals surface area (Å²) in [6.07, 6.45) is -2.05. The monoisotopic (exact) mass is 372 g/mol. The summed E-state index contributed by atoms with van der Waals surface area (Å²) < 4.78 is 37.9. The van der Waals surface area contributed by atoms with E-state index >= 15 is 0 Å². The molecular formula is C21H19F3N2O. The number of halogens is 3. The topological polar surface area (TPSA) is 44.9 Å². The molecule has 27 heavy (non-hydrogen) atoms. The molecular weight excluding hydrogens is 353 g/mol. The number of aryl methyl sites for hydroxylation is 2. The van der Waals surface area contributed by atoms with Crippen molar-refractivity contribution in [2.45, 2.75) is 38.4 Å². The summed E-state index contributed by atoms with van der Waals surface area (Å²) in [5.74, 6) is -0.343. The number of rotatable bonds is 2. The van der Waals surface area contributed by atoms with E-state index in [1.165, 1.54) is 28.6 Å². The van der Waals surface area contributed by atoms with Gasteiger partial charge in [-0.2, -0.15) is 13.2 Å². The number of alkyl halides is 3. The number of benzene rings is 2. The molecule has 0 spiro atoms. The van der Waals surface area contributed by atoms with Gasteiger partial charge in [-0.15, -0.1) is 0 Å². The lowest BCUT2D eigenvalue weighted by Crippen LogP contribution is -2.38. The van der Waals surface area contributed by atoms with Crippen molar-refractivity contribution in [1.29, 1.82) is 0 Å². The van der Waals surface area contributed by atoms with Gasteiger partial charge in [0.15, 0.2) is 0 Å². The minimum absolute atomic E-state index is 0.0403. The Bertz CT molecular complexity index is 1000. The van der Waals surface area contributed by atoms with Gasteiger partial charge in [-0.3, -0.25) is 4.79 Å². The summed E-state index contributed by atoms with van der Waals surface area (Å²) in [7, 11) is 0. The van der Waals surface area contributed by atoms with Crippen molar-refractivity contribution >= 4 is 16.8 Å². The largest absolute Gasteiger partial charge is 0.416 e. The first kappa shape index (κ1) is 17.6. The van der Waals surface area contributed by atoms with E-state index in [-0.39, 0.29) is 17.5 Å². The Labute approximate surface area is 154 Å². The SMILES string of the molecule is Cc1ccc2[nH]c3c(c2c1)CCC(NC(=O)c1ccc(C(F)(F)F)cc1)C3. The van der Waals surface area contributed by atoms with Crippen LogP contribution in [-0.2, 0) is 19.0 Å². The molecule has 0 saturated carbocycles. The lowest BCUT2D eigenvalue weighted by atomic mass is 9.91. The van der Waals surface area contributed by atoms with Gasteiger partial charge < -0.3 is 10.3 Å². The number of carbonyl (C=O) groups excluding carboxylic acids is 1. The van der Waals surface area contributed by atoms with Gasteiger partial charge >= 0.3 is 6.18 Å². The molecule has 3 aromatic rings. The fraction of sp³-hybridized carbons (Fsp3) is 0.286. The molecule has 2 N–H and O–H groups in total. The second-order valence-electron chi connectivity index (χ2n) is 7.12. The first-order valence-corrected chi connectivity index (χ1v) is 8.89. The zero-order chi connectivity index (χ0) is 19.2. The van der Waals surface area contributed by atoms with Crippen LogP contribution >= 0.6 is 0 Å². The Morgan fingerprint density at radius 3 is 2.59 bits per heavy atom. The summed E-state index contributed by atoms with van der Waals surface area (Å²) in [5.41, 5.74) is 4.21. The smallest absolute Gasteiger partial charge is 0.358 e. The Kier molecular flexibility index (Phi) is 4.21. The van der Waals surface area contributed by atoms with Crippen molar-refractivity contribution in [2.75, 3.05) is 0 Å². The first-order valence-electron chi connectivity index (χ1n) is 8.89. The van der Waals surface area contributed by atoms with E-state index in [1.54, 1.807) is 0 Å². The highest BCUT2D eigenvalue weighted by atomic mass is 19.4. The van der Waals surface area contributed by atoms with Crippen LogP contribution in [0.5, 0.6) is 0 Å². The average molecular weight is 372 g/mol. The van der Waals surface area contributed by atoms with Gasteiger partial charge in [0.25, 0.3) is 5.91 Å². The lowest BCUT2D eigenvalue weighted by Gasteiger charge is -2.23. The predicted octanol–water partition coefficient (Wildman–Crippen LogP) is 4.78. The number of hydrogen-bond acceptors (Lipinski definition) is 1. The van der Waals surface area contributed by atoms with Crippen LogP contribution in [0.2, 0.25) is 0 Å². The highest BCUT2D eigenvalue weighted by Crippen LogP contribution is 2.31. The van der Waals surface area contributed by atoms with Crippen LogP contribution < -0.4 is 5.32 Å². The third kappa shape index (κ3) is 3.44. The molecule has 6 heteroatoms. The van der Waals surface area contributed by atoms with Gasteiger partial charge in [0.2, 0.25) is 0 Å². The number of amides is 1. The van der Waals surface area contributed by atoms with Crippen LogP contribution in [0.15, 0.2) is 42.5 Å². The van der Waals surface area contributed by atoms with Crippen molar-refractivity contribution in [2.24, 2.45) is 0 Å². The van der Waals surface area contributed by atoms with E-state index in [0.29, 0.717) is 6.42 Å². The molecule has 1 atom stereocenters. The molecule has 3 nitrogen and oxygen atoms in total. The van der Waals surface area contributed by atoms with E-state index in [9.17, 15) is 18.0 Å². The number of hydrogen-bond donors (Lipinski definition) is 2. The lowest BCUT2D eigenvalue weighted by molar-refractivity contribution is -0.137. The fourth-order valence-electron chi connectivity index (χ4n) is 3.75. The summed E-state index contributed by atoms with van der Waals surface area (Å²) in [6, 6.07) is 10.6. The van der Waals surface area contributed by atoms with Crippen LogP contribution in [0.3, 0.4) is 0 Å². The van der Waals surface area contributed by atoms with Crippen LogP contribution in [0.25, 0.3) is 10.9 Å². The molecule has 0 bridgehead atoms. The molecule has 1 aromatic heterocycles. The molecule has 4 rings (SSSR count). The quantitative estimate of drug-likeness (QED) is 0.668. The van der Waals surface area contributed by atoms with Crippen LogP contribution in [0.1, 0.15) is 39.2 Å². The fourth-order valence-corrected chi connectivity index (χ4v) is 3.75. The Hall–Kier alpha value is -2.76. The average Bonchev–Trinajstić information content (AvgIpc) is 2.98. The molecule has 2 aromatic carbocycles. The molecule has 1 heterocycles. The molecule has 0 aliphatic heterocycles. The van der Waals surface area contributed by atoms with E-state index in [0.717, 1.165) is 36.2 Å². The highest BCUT2D eigenvalue weighted by molar-refractivity contribution is 5.94. The summed E-state index contributed by atoms with van der Waals surface area (Å²) >= 11 is 0. The molecule has 0 saturated heterocycles. The number of aromatic nitrogens is 1. The normalized spacial score (nSPS) is 17.0. The molecule has 140 valence electrons. The van der Waals surface area contributed by atoms with Gasteiger partial charge in [-0.05, 0) is 61.7 Å². The number of fused-ring (bicyclic) bond motifs is 3. The Morgan fingerprint density at radius 2 is 1.89 bits per heavy atom. The first-order chi connectivity index (χ1) is 12.8. The maximum atomic E-state index is 12.6. The third-order valence-electron chi connectivity index (χ3n) is 5.15. The number of nitrogens with one attached hydrogen (secondary N) is 2. The van der Waals surface area contributed by atoms with Crippen molar-refractivity contribution in [3.63, 3.8) is 0 Å². The third-order valence-corrected chi connectivity index (χ3v) is 5.15. The van der Waals surface area contributed by atoms with Crippen molar-refractivity contribution in [3.05, 3.63) is 70.4 Å². The van der Waals surface area contributed by atoms with Crippen LogP contribution in [-0.4, -0.2) is 16.9 Å². The predicted molar refractivity (Wildman–Crippen MR) is 97.8 cm³/mol. The standard InChI is InChI=1S/C21H19F3N2O/c1-12-2-9-18-17(10-12)16-8-7-15(11-19(16)26-18)25-20(27)13-3-5-14(6-4-13)21(22,23)24/h2-6,9-10,15,26H,7-8,11H2,1H3,(H,25,27). The molecule has 1 amide bonds. The van der Waals surface area contributed by atoms with Gasteiger partial charge in [-0.25, -0.2) is 0 Å². The summed E-state index contributed by atoms with van der Waals surface area (Å²) in [6.45, 7) is 2.06. The zero-order valence-corrected chi connectivity index (χ0v) is 14.8. The minimum Gasteiger partial charge on any atom is -0.358 e. The maximum Gasteiger partial charge on any atom is 0.416 e. The molecule has 1 aliphatic rings. The number of H-pyrrole nitrogens is 1. The van der Waals surface area contributed by atoms with Gasteiger partial charge in [-0.1, -0.05) is 11.6 Å². The highest BCUT2D eigenvalue weighted by Gasteiger charge is 2.30. The molecule has 0 fully saturated rings. The van der Waals surface area contributed by atoms with Crippen molar-refractivity contribution in [1.82, 2.24) is 10.3 Å². The Morgan fingerprint density at radius 1 is 1.15 bits per heavy atom. The van der Waals surface area contributed by atoms with Crippen LogP contribution in [0, 0.1) is 6.92 Å². The second kappa shape index (κ2) is 6.44. The molecule has 1 aliphatic carbocycles. The van der Waals surface area contributed by atoms with E-state index in [2.05, 4.69) is 35.4 Å². The van der Waals surface area contributed by atoms with Crippen LogP contribution in [0.4, 0.5) is 13.2 Å². The van der Waals surface area contributed by atoms with Gasteiger partial charge in [0.05, 0.1) is 5.56 Å². The van der Waals surface area contributed by atoms with Crippen molar-refractivity contribution < 1.29 is 18.0 Å². The van der Waals surface area contributed by atoms with E-state index < -0.39 is 11.7 Å². The zero-order valence-electron chi connectivity index (χ0n) is 14.8. The summed E-state index contributed by atoms with van der Waals surface area (Å²) in [4.78, 5) is 15.8. The second-order valence-corrected chi connectivity index (χ2v) is 7.12. The van der Waals surface area contributed by atoms with Gasteiger partial charge in [0.1, 0.15) is 0 Å². The molecule has 1 unspecified atom stereocenters. The summed E-state index contributed by atoms with van der Waals surface area (Å²) in [5, 5.41) is 4.18.